The highest BCUT2D eigenvalue weighted by Crippen LogP contribution is 2.23. The minimum Gasteiger partial charge on any atom is -0.322 e. The van der Waals surface area contributed by atoms with E-state index in [0.29, 0.717) is 27.0 Å². The second-order valence-corrected chi connectivity index (χ2v) is 6.90. The van der Waals surface area contributed by atoms with Gasteiger partial charge in [0, 0.05) is 27.0 Å². The molecular formula is C20H13Cl3N2O2. The van der Waals surface area contributed by atoms with Gasteiger partial charge in [-0.3, -0.25) is 9.59 Å². The maximum Gasteiger partial charge on any atom is 0.257 e. The molecule has 136 valence electrons. The molecule has 0 heterocycles. The van der Waals surface area contributed by atoms with Crippen molar-refractivity contribution in [3.63, 3.8) is 0 Å². The Morgan fingerprint density at radius 1 is 0.667 bits per heavy atom. The van der Waals surface area contributed by atoms with Crippen molar-refractivity contribution < 1.29 is 9.59 Å². The molecule has 7 heteroatoms. The number of carbonyl (C=O) groups excluding carboxylic acids is 2. The monoisotopic (exact) mass is 418 g/mol. The summed E-state index contributed by atoms with van der Waals surface area (Å²) in [4.78, 5) is 24.8. The lowest BCUT2D eigenvalue weighted by molar-refractivity contribution is 0.101. The number of hydrogen-bond donors (Lipinski definition) is 2. The lowest BCUT2D eigenvalue weighted by Crippen LogP contribution is -2.15. The summed E-state index contributed by atoms with van der Waals surface area (Å²) in [6, 6.07) is 18.0. The van der Waals surface area contributed by atoms with E-state index in [0.717, 1.165) is 0 Å². The van der Waals surface area contributed by atoms with E-state index >= 15 is 0 Å². The highest BCUT2D eigenvalue weighted by Gasteiger charge is 2.13. The van der Waals surface area contributed by atoms with Crippen molar-refractivity contribution in [1.29, 1.82) is 0 Å². The van der Waals surface area contributed by atoms with Crippen molar-refractivity contribution in [3.8, 4) is 0 Å². The molecule has 3 aromatic carbocycles. The minimum absolute atomic E-state index is 0.245. The zero-order valence-corrected chi connectivity index (χ0v) is 16.1. The summed E-state index contributed by atoms with van der Waals surface area (Å²) in [6.07, 6.45) is 0. The third-order valence-electron chi connectivity index (χ3n) is 3.64. The van der Waals surface area contributed by atoms with Gasteiger partial charge >= 0.3 is 0 Å². The van der Waals surface area contributed by atoms with Gasteiger partial charge in [0.15, 0.2) is 0 Å². The first-order valence-electron chi connectivity index (χ1n) is 7.86. The predicted molar refractivity (Wildman–Crippen MR) is 110 cm³/mol. The van der Waals surface area contributed by atoms with Crippen LogP contribution in [0.1, 0.15) is 20.7 Å². The van der Waals surface area contributed by atoms with Crippen LogP contribution in [-0.4, -0.2) is 11.8 Å². The molecule has 0 fully saturated rings. The third kappa shape index (κ3) is 5.01. The molecule has 0 bridgehead atoms. The maximum atomic E-state index is 12.4. The molecule has 3 rings (SSSR count). The van der Waals surface area contributed by atoms with Crippen molar-refractivity contribution in [2.45, 2.75) is 0 Å². The van der Waals surface area contributed by atoms with Gasteiger partial charge in [0.25, 0.3) is 11.8 Å². The van der Waals surface area contributed by atoms with E-state index in [4.69, 9.17) is 34.8 Å². The average Bonchev–Trinajstić information content (AvgIpc) is 2.61. The number of hydrogen-bond acceptors (Lipinski definition) is 2. The van der Waals surface area contributed by atoms with Crippen LogP contribution in [0, 0.1) is 0 Å². The minimum atomic E-state index is -0.399. The lowest BCUT2D eigenvalue weighted by Gasteiger charge is -2.09. The fourth-order valence-corrected chi connectivity index (χ4v) is 3.06. The quantitative estimate of drug-likeness (QED) is 0.533. The molecule has 3 aromatic rings. The second-order valence-electron chi connectivity index (χ2n) is 5.62. The molecule has 27 heavy (non-hydrogen) atoms. The molecule has 2 amide bonds. The number of carbonyl (C=O) groups is 2. The first-order chi connectivity index (χ1) is 12.9. The van der Waals surface area contributed by atoms with E-state index in [1.165, 1.54) is 12.1 Å². The Morgan fingerprint density at radius 3 is 2.00 bits per heavy atom. The highest BCUT2D eigenvalue weighted by atomic mass is 35.5. The largest absolute Gasteiger partial charge is 0.322 e. The topological polar surface area (TPSA) is 58.2 Å². The van der Waals surface area contributed by atoms with Crippen LogP contribution in [0.5, 0.6) is 0 Å². The summed E-state index contributed by atoms with van der Waals surface area (Å²) in [7, 11) is 0. The van der Waals surface area contributed by atoms with Crippen LogP contribution in [0.3, 0.4) is 0 Å². The summed E-state index contributed by atoms with van der Waals surface area (Å²) in [6.45, 7) is 0. The molecule has 0 aliphatic heterocycles. The van der Waals surface area contributed by atoms with Gasteiger partial charge in [0.1, 0.15) is 0 Å². The van der Waals surface area contributed by atoms with Crippen LogP contribution < -0.4 is 10.6 Å². The van der Waals surface area contributed by atoms with Crippen molar-refractivity contribution in [2.75, 3.05) is 10.6 Å². The summed E-state index contributed by atoms with van der Waals surface area (Å²) in [5.74, 6) is -0.720. The van der Waals surface area contributed by atoms with Crippen molar-refractivity contribution in [1.82, 2.24) is 0 Å². The van der Waals surface area contributed by atoms with E-state index in [9.17, 15) is 9.59 Å². The molecule has 0 saturated carbocycles. The summed E-state index contributed by atoms with van der Waals surface area (Å²) < 4.78 is 0. The van der Waals surface area contributed by atoms with Crippen LogP contribution in [0.2, 0.25) is 15.1 Å². The Bertz CT molecular complexity index is 1020. The van der Waals surface area contributed by atoms with Gasteiger partial charge in [-0.25, -0.2) is 0 Å². The molecule has 0 spiro atoms. The maximum absolute atomic E-state index is 12.4. The van der Waals surface area contributed by atoms with Gasteiger partial charge in [-0.05, 0) is 54.6 Å². The highest BCUT2D eigenvalue weighted by molar-refractivity contribution is 6.37. The molecule has 0 radical (unpaired) electrons. The molecule has 2 N–H and O–H groups in total. The molecule has 0 aliphatic carbocycles. The Hall–Kier alpha value is -2.53. The normalized spacial score (nSPS) is 10.3. The van der Waals surface area contributed by atoms with Crippen LogP contribution in [-0.2, 0) is 0 Å². The van der Waals surface area contributed by atoms with Crippen LogP contribution >= 0.6 is 34.8 Å². The molecule has 0 aliphatic rings. The number of amides is 2. The number of anilines is 2. The van der Waals surface area contributed by atoms with E-state index in [1.807, 2.05) is 0 Å². The van der Waals surface area contributed by atoms with E-state index in [1.54, 1.807) is 54.6 Å². The molecule has 0 atom stereocenters. The van der Waals surface area contributed by atoms with Gasteiger partial charge in [-0.15, -0.1) is 0 Å². The Balaban J connectivity index is 1.75. The van der Waals surface area contributed by atoms with Crippen molar-refractivity contribution in [2.24, 2.45) is 0 Å². The Morgan fingerprint density at radius 2 is 1.30 bits per heavy atom. The first kappa shape index (κ1) is 19.2. The Labute approximate surface area is 171 Å². The van der Waals surface area contributed by atoms with Gasteiger partial charge in [-0.2, -0.15) is 0 Å². The van der Waals surface area contributed by atoms with Gasteiger partial charge in [-0.1, -0.05) is 46.9 Å². The first-order valence-corrected chi connectivity index (χ1v) is 8.99. The third-order valence-corrected chi connectivity index (χ3v) is 4.42. The van der Waals surface area contributed by atoms with Crippen LogP contribution in [0.15, 0.2) is 66.7 Å². The van der Waals surface area contributed by atoms with Gasteiger partial charge < -0.3 is 10.6 Å². The smallest absolute Gasteiger partial charge is 0.257 e. The zero-order valence-electron chi connectivity index (χ0n) is 13.8. The summed E-state index contributed by atoms with van der Waals surface area (Å²) in [5.41, 5.74) is 1.71. The zero-order chi connectivity index (χ0) is 19.4. The molecule has 0 aromatic heterocycles. The van der Waals surface area contributed by atoms with Gasteiger partial charge in [0.2, 0.25) is 0 Å². The Kier molecular flexibility index (Phi) is 6.01. The molecule has 0 saturated heterocycles. The van der Waals surface area contributed by atoms with Crippen LogP contribution in [0.4, 0.5) is 11.4 Å². The van der Waals surface area contributed by atoms with Crippen LogP contribution in [0.25, 0.3) is 0 Å². The van der Waals surface area contributed by atoms with Gasteiger partial charge in [0.05, 0.1) is 10.6 Å². The number of benzene rings is 3. The number of halogens is 3. The standard InChI is InChI=1S/C20H13Cl3N2O2/c21-13-4-2-6-16(10-13)24-19(26)12-3-1-5-15(9-12)25-20(27)17-8-7-14(22)11-18(17)23/h1-11H,(H,24,26)(H,25,27). The van der Waals surface area contributed by atoms with E-state index in [-0.39, 0.29) is 16.5 Å². The molecular weight excluding hydrogens is 407 g/mol. The van der Waals surface area contributed by atoms with Crippen molar-refractivity contribution in [3.05, 3.63) is 92.9 Å². The lowest BCUT2D eigenvalue weighted by atomic mass is 10.1. The fourth-order valence-electron chi connectivity index (χ4n) is 2.38. The second kappa shape index (κ2) is 8.44. The molecule has 4 nitrogen and oxygen atoms in total. The summed E-state index contributed by atoms with van der Waals surface area (Å²) in [5, 5.41) is 6.68. The fraction of sp³-hybridized carbons (Fsp3) is 0. The summed E-state index contributed by atoms with van der Waals surface area (Å²) >= 11 is 17.8. The number of nitrogens with one attached hydrogen (secondary N) is 2. The van der Waals surface area contributed by atoms with E-state index < -0.39 is 5.91 Å². The van der Waals surface area contributed by atoms with Crippen molar-refractivity contribution >= 4 is 58.0 Å². The number of rotatable bonds is 4. The molecule has 0 unspecified atom stereocenters. The SMILES string of the molecule is O=C(Nc1cccc(Cl)c1)c1cccc(NC(=O)c2ccc(Cl)cc2Cl)c1. The predicted octanol–water partition coefficient (Wildman–Crippen LogP) is 6.15. The van der Waals surface area contributed by atoms with E-state index in [2.05, 4.69) is 10.6 Å². The average molecular weight is 420 g/mol.